The monoisotopic (exact) mass is 206 g/mol. The molecule has 1 N–H and O–H groups in total. The lowest BCUT2D eigenvalue weighted by Crippen LogP contribution is -2.36. The second kappa shape index (κ2) is 4.80. The Morgan fingerprint density at radius 1 is 1.20 bits per heavy atom. The molecule has 1 aromatic carbocycles. The maximum absolute atomic E-state index is 10.4. The molecule has 1 nitrogen and oxygen atoms in total. The highest BCUT2D eigenvalue weighted by molar-refractivity contribution is 5.22. The molecule has 1 unspecified atom stereocenters. The molecule has 0 aliphatic carbocycles. The molecular weight excluding hydrogens is 184 g/mol. The summed E-state index contributed by atoms with van der Waals surface area (Å²) in [7, 11) is 0. The second-order valence-electron chi connectivity index (χ2n) is 4.77. The highest BCUT2D eigenvalue weighted by Crippen LogP contribution is 2.25. The first-order valence-corrected chi connectivity index (χ1v) is 5.76. The van der Waals surface area contributed by atoms with Gasteiger partial charge in [-0.15, -0.1) is 0 Å². The molecule has 1 aromatic rings. The molecule has 0 radical (unpaired) electrons. The standard InChI is InChI=1S/C14H22O/c1-5-14(15,11(2)3)10-13-8-6-12(4)7-9-13/h6-9,11,15H,5,10H2,1-4H3. The lowest BCUT2D eigenvalue weighted by Gasteiger charge is -2.31. The predicted molar refractivity (Wildman–Crippen MR) is 65.0 cm³/mol. The van der Waals surface area contributed by atoms with Crippen LogP contribution in [-0.4, -0.2) is 10.7 Å². The Labute approximate surface area is 93.1 Å². The van der Waals surface area contributed by atoms with Gasteiger partial charge in [0.25, 0.3) is 0 Å². The van der Waals surface area contributed by atoms with Crippen molar-refractivity contribution in [3.63, 3.8) is 0 Å². The minimum Gasteiger partial charge on any atom is -0.389 e. The molecule has 0 amide bonds. The van der Waals surface area contributed by atoms with Gasteiger partial charge in [-0.1, -0.05) is 50.6 Å². The van der Waals surface area contributed by atoms with Crippen LogP contribution in [0.1, 0.15) is 38.3 Å². The third kappa shape index (κ3) is 3.07. The van der Waals surface area contributed by atoms with Crippen molar-refractivity contribution in [2.45, 2.75) is 46.1 Å². The average Bonchev–Trinajstić information content (AvgIpc) is 2.21. The number of hydrogen-bond acceptors (Lipinski definition) is 1. The van der Waals surface area contributed by atoms with Crippen LogP contribution in [0, 0.1) is 12.8 Å². The van der Waals surface area contributed by atoms with Crippen LogP contribution in [0.4, 0.5) is 0 Å². The average molecular weight is 206 g/mol. The van der Waals surface area contributed by atoms with E-state index in [1.165, 1.54) is 11.1 Å². The summed E-state index contributed by atoms with van der Waals surface area (Å²) in [5.74, 6) is 0.295. The first kappa shape index (κ1) is 12.3. The number of aryl methyl sites for hydroxylation is 1. The van der Waals surface area contributed by atoms with E-state index in [2.05, 4.69) is 45.0 Å². The maximum Gasteiger partial charge on any atom is 0.0708 e. The quantitative estimate of drug-likeness (QED) is 0.801. The fourth-order valence-corrected chi connectivity index (χ4v) is 1.80. The molecule has 0 spiro atoms. The van der Waals surface area contributed by atoms with E-state index in [-0.39, 0.29) is 0 Å². The van der Waals surface area contributed by atoms with Crippen molar-refractivity contribution in [1.29, 1.82) is 0 Å². The van der Waals surface area contributed by atoms with Gasteiger partial charge in [0.2, 0.25) is 0 Å². The van der Waals surface area contributed by atoms with Gasteiger partial charge >= 0.3 is 0 Å². The number of aliphatic hydroxyl groups is 1. The van der Waals surface area contributed by atoms with Crippen LogP contribution < -0.4 is 0 Å². The minimum atomic E-state index is -0.560. The van der Waals surface area contributed by atoms with Crippen LogP contribution in [0.5, 0.6) is 0 Å². The van der Waals surface area contributed by atoms with E-state index in [1.54, 1.807) is 0 Å². The first-order chi connectivity index (χ1) is 6.98. The van der Waals surface area contributed by atoms with Crippen LogP contribution in [0.25, 0.3) is 0 Å². The fourth-order valence-electron chi connectivity index (χ4n) is 1.80. The number of hydrogen-bond donors (Lipinski definition) is 1. The summed E-state index contributed by atoms with van der Waals surface area (Å²) in [5, 5.41) is 10.4. The molecule has 0 bridgehead atoms. The summed E-state index contributed by atoms with van der Waals surface area (Å²) < 4.78 is 0. The van der Waals surface area contributed by atoms with Crippen LogP contribution in [0.3, 0.4) is 0 Å². The van der Waals surface area contributed by atoms with E-state index in [9.17, 15) is 5.11 Å². The van der Waals surface area contributed by atoms with Crippen molar-refractivity contribution in [1.82, 2.24) is 0 Å². The predicted octanol–water partition coefficient (Wildman–Crippen LogP) is 3.33. The van der Waals surface area contributed by atoms with Gasteiger partial charge in [0, 0.05) is 6.42 Å². The molecule has 1 heteroatoms. The summed E-state index contributed by atoms with van der Waals surface area (Å²) in [6, 6.07) is 8.42. The third-order valence-corrected chi connectivity index (χ3v) is 3.32. The molecule has 1 atom stereocenters. The van der Waals surface area contributed by atoms with Crippen molar-refractivity contribution < 1.29 is 5.11 Å². The first-order valence-electron chi connectivity index (χ1n) is 5.76. The Balaban J connectivity index is 2.79. The van der Waals surface area contributed by atoms with Crippen molar-refractivity contribution in [3.8, 4) is 0 Å². The van der Waals surface area contributed by atoms with E-state index in [4.69, 9.17) is 0 Å². The van der Waals surface area contributed by atoms with Crippen LogP contribution in [0.15, 0.2) is 24.3 Å². The minimum absolute atomic E-state index is 0.295. The summed E-state index contributed by atoms with van der Waals surface area (Å²) in [4.78, 5) is 0. The van der Waals surface area contributed by atoms with Crippen molar-refractivity contribution in [2.75, 3.05) is 0 Å². The molecule has 0 aromatic heterocycles. The molecule has 0 heterocycles. The van der Waals surface area contributed by atoms with E-state index in [0.29, 0.717) is 5.92 Å². The maximum atomic E-state index is 10.4. The largest absolute Gasteiger partial charge is 0.389 e. The topological polar surface area (TPSA) is 20.2 Å². The Hall–Kier alpha value is -0.820. The van der Waals surface area contributed by atoms with Gasteiger partial charge in [-0.3, -0.25) is 0 Å². The second-order valence-corrected chi connectivity index (χ2v) is 4.77. The Bertz CT molecular complexity index is 300. The molecule has 0 fully saturated rings. The smallest absolute Gasteiger partial charge is 0.0708 e. The Morgan fingerprint density at radius 2 is 1.73 bits per heavy atom. The van der Waals surface area contributed by atoms with Gasteiger partial charge in [-0.25, -0.2) is 0 Å². The zero-order valence-corrected chi connectivity index (χ0v) is 10.2. The normalized spacial score (nSPS) is 15.3. The highest BCUT2D eigenvalue weighted by atomic mass is 16.3. The molecule has 0 aliphatic rings. The van der Waals surface area contributed by atoms with Crippen LogP contribution in [0.2, 0.25) is 0 Å². The molecule has 84 valence electrons. The fraction of sp³-hybridized carbons (Fsp3) is 0.571. The molecule has 0 saturated heterocycles. The van der Waals surface area contributed by atoms with Crippen LogP contribution in [-0.2, 0) is 6.42 Å². The van der Waals surface area contributed by atoms with E-state index < -0.39 is 5.60 Å². The lowest BCUT2D eigenvalue weighted by atomic mass is 9.82. The number of benzene rings is 1. The van der Waals surface area contributed by atoms with Crippen LogP contribution >= 0.6 is 0 Å². The lowest BCUT2D eigenvalue weighted by molar-refractivity contribution is -0.00828. The zero-order valence-electron chi connectivity index (χ0n) is 10.2. The molecule has 0 saturated carbocycles. The van der Waals surface area contributed by atoms with Crippen molar-refractivity contribution in [3.05, 3.63) is 35.4 Å². The van der Waals surface area contributed by atoms with E-state index in [0.717, 1.165) is 12.8 Å². The van der Waals surface area contributed by atoms with Gasteiger partial charge in [0.15, 0.2) is 0 Å². The molecular formula is C14H22O. The van der Waals surface area contributed by atoms with E-state index in [1.807, 2.05) is 6.92 Å². The van der Waals surface area contributed by atoms with Gasteiger partial charge in [0.05, 0.1) is 5.60 Å². The Morgan fingerprint density at radius 3 is 2.13 bits per heavy atom. The van der Waals surface area contributed by atoms with Gasteiger partial charge in [-0.05, 0) is 24.8 Å². The molecule has 1 rings (SSSR count). The Kier molecular flexibility index (Phi) is 3.92. The SMILES string of the molecule is CCC(O)(Cc1ccc(C)cc1)C(C)C. The third-order valence-electron chi connectivity index (χ3n) is 3.32. The highest BCUT2D eigenvalue weighted by Gasteiger charge is 2.28. The van der Waals surface area contributed by atoms with Gasteiger partial charge in [-0.2, -0.15) is 0 Å². The van der Waals surface area contributed by atoms with Gasteiger partial charge in [0.1, 0.15) is 0 Å². The molecule has 15 heavy (non-hydrogen) atoms. The summed E-state index contributed by atoms with van der Waals surface area (Å²) in [6.07, 6.45) is 1.56. The summed E-state index contributed by atoms with van der Waals surface area (Å²) in [6.45, 7) is 8.29. The van der Waals surface area contributed by atoms with Crippen molar-refractivity contribution >= 4 is 0 Å². The zero-order chi connectivity index (χ0) is 11.5. The number of rotatable bonds is 4. The summed E-state index contributed by atoms with van der Waals surface area (Å²) in [5.41, 5.74) is 1.93. The van der Waals surface area contributed by atoms with Gasteiger partial charge < -0.3 is 5.11 Å². The molecule has 0 aliphatic heterocycles. The summed E-state index contributed by atoms with van der Waals surface area (Å²) >= 11 is 0. The van der Waals surface area contributed by atoms with E-state index >= 15 is 0 Å². The van der Waals surface area contributed by atoms with Crippen molar-refractivity contribution in [2.24, 2.45) is 5.92 Å².